The summed E-state index contributed by atoms with van der Waals surface area (Å²) in [4.78, 5) is 35.1. The van der Waals surface area contributed by atoms with Gasteiger partial charge in [0, 0.05) is 0 Å². The first-order chi connectivity index (χ1) is 6.59. The van der Waals surface area contributed by atoms with E-state index in [1.165, 1.54) is 0 Å². The summed E-state index contributed by atoms with van der Waals surface area (Å²) in [6.07, 6.45) is -0.898. The Bertz CT molecular complexity index is 293. The van der Waals surface area contributed by atoms with Crippen molar-refractivity contribution >= 4 is 23.9 Å². The smallest absolute Gasteiger partial charge is 0.404 e. The maximum Gasteiger partial charge on any atom is 0.404 e. The summed E-state index contributed by atoms with van der Waals surface area (Å²) in [5, 5.41) is 4.34. The Morgan fingerprint density at radius 1 is 1.36 bits per heavy atom. The fourth-order valence-corrected chi connectivity index (χ4v) is 0.743. The normalized spacial score (nSPS) is 14.7. The molecule has 76 valence electrons. The minimum absolute atomic E-state index is 0.00935. The van der Waals surface area contributed by atoms with Crippen molar-refractivity contribution in [2.45, 2.75) is 0 Å². The quantitative estimate of drug-likeness (QED) is 0.349. The van der Waals surface area contributed by atoms with Gasteiger partial charge in [-0.25, -0.2) is 9.79 Å². The summed E-state index contributed by atoms with van der Waals surface area (Å²) >= 11 is 0. The number of amides is 3. The van der Waals surface area contributed by atoms with Crippen LogP contribution in [0.4, 0.5) is 4.79 Å². The second kappa shape index (κ2) is 4.21. The number of nitrogens with zero attached hydrogens (tertiary/aromatic N) is 1. The second-order valence-corrected chi connectivity index (χ2v) is 2.31. The molecule has 0 aromatic rings. The van der Waals surface area contributed by atoms with E-state index in [0.717, 1.165) is 0 Å². The van der Waals surface area contributed by atoms with Crippen LogP contribution in [0.2, 0.25) is 0 Å². The highest BCUT2D eigenvalue weighted by Gasteiger charge is 2.24. The molecule has 3 amide bonds. The summed E-state index contributed by atoms with van der Waals surface area (Å²) in [6.45, 7) is 0.101. The Hall–Kier alpha value is -2.12. The molecule has 8 nitrogen and oxygen atoms in total. The molecule has 1 heterocycles. The molecular weight excluding hydrogens is 192 g/mol. The minimum atomic E-state index is -0.898. The van der Waals surface area contributed by atoms with Gasteiger partial charge < -0.3 is 10.5 Å². The van der Waals surface area contributed by atoms with E-state index in [-0.39, 0.29) is 19.1 Å². The molecule has 0 radical (unpaired) electrons. The molecule has 0 atom stereocenters. The fourth-order valence-electron chi connectivity index (χ4n) is 0.743. The zero-order valence-electron chi connectivity index (χ0n) is 7.07. The topological polar surface area (TPSA) is 123 Å². The Morgan fingerprint density at radius 3 is 2.43 bits per heavy atom. The van der Waals surface area contributed by atoms with Gasteiger partial charge in [-0.15, -0.1) is 0 Å². The van der Waals surface area contributed by atoms with Crippen LogP contribution in [0.5, 0.6) is 0 Å². The fraction of sp³-hybridized carbons (Fsp3) is 0.333. The molecule has 1 aliphatic heterocycles. The Morgan fingerprint density at radius 2 is 1.93 bits per heavy atom. The summed E-state index contributed by atoms with van der Waals surface area (Å²) in [6, 6.07) is 0. The Labute approximate surface area is 78.5 Å². The molecule has 0 aliphatic carbocycles. The van der Waals surface area contributed by atoms with Gasteiger partial charge >= 0.3 is 17.9 Å². The maximum atomic E-state index is 10.6. The third-order valence-corrected chi connectivity index (χ3v) is 1.28. The van der Waals surface area contributed by atoms with E-state index < -0.39 is 17.9 Å². The predicted octanol–water partition coefficient (Wildman–Crippen LogP) is -2.32. The molecule has 14 heavy (non-hydrogen) atoms. The molecule has 4 N–H and O–H groups in total. The van der Waals surface area contributed by atoms with Gasteiger partial charge in [-0.3, -0.25) is 20.2 Å². The Balaban J connectivity index is 2.29. The third kappa shape index (κ3) is 2.73. The first kappa shape index (κ1) is 9.96. The molecule has 0 aromatic heterocycles. The lowest BCUT2D eigenvalue weighted by molar-refractivity contribution is -0.135. The first-order valence-electron chi connectivity index (χ1n) is 3.68. The van der Waals surface area contributed by atoms with E-state index in [4.69, 9.17) is 0 Å². The van der Waals surface area contributed by atoms with E-state index in [0.29, 0.717) is 0 Å². The predicted molar refractivity (Wildman–Crippen MR) is 44.1 cm³/mol. The van der Waals surface area contributed by atoms with E-state index in [1.807, 2.05) is 0 Å². The number of ether oxygens (including phenoxy) is 1. The van der Waals surface area contributed by atoms with Gasteiger partial charge in [0.2, 0.25) is 5.96 Å². The number of guanidine groups is 1. The average Bonchev–Trinajstić information content (AvgIpc) is 2.40. The number of aliphatic imine (C=N–C) groups is 1. The standard InChI is InChI=1S/C6H8N4O4/c7-5(13)14-2-1-8-6-9-3(11)4(12)10-6/h1-2H2,(H2,7,13)(H2,8,9,10,11,12). The van der Waals surface area contributed by atoms with Gasteiger partial charge in [0.25, 0.3) is 0 Å². The number of hydrogen-bond acceptors (Lipinski definition) is 5. The first-order valence-corrected chi connectivity index (χ1v) is 3.68. The number of nitrogens with two attached hydrogens (primary N) is 1. The second-order valence-electron chi connectivity index (χ2n) is 2.31. The summed E-state index contributed by atoms with van der Waals surface area (Å²) < 4.78 is 4.36. The van der Waals surface area contributed by atoms with Crippen molar-refractivity contribution in [3.63, 3.8) is 0 Å². The molecular formula is C6H8N4O4. The van der Waals surface area contributed by atoms with Crippen LogP contribution in [-0.2, 0) is 14.3 Å². The molecule has 0 spiro atoms. The minimum Gasteiger partial charge on any atom is -0.448 e. The van der Waals surface area contributed by atoms with Gasteiger partial charge in [-0.2, -0.15) is 0 Å². The molecule has 0 bridgehead atoms. The molecule has 1 aliphatic rings. The van der Waals surface area contributed by atoms with Gasteiger partial charge in [0.05, 0.1) is 6.54 Å². The van der Waals surface area contributed by atoms with Crippen molar-refractivity contribution < 1.29 is 19.1 Å². The maximum absolute atomic E-state index is 10.6. The van der Waals surface area contributed by atoms with Crippen LogP contribution in [0.15, 0.2) is 4.99 Å². The van der Waals surface area contributed by atoms with Crippen molar-refractivity contribution in [1.82, 2.24) is 10.6 Å². The van der Waals surface area contributed by atoms with Crippen LogP contribution in [0.1, 0.15) is 0 Å². The van der Waals surface area contributed by atoms with Gasteiger partial charge in [-0.05, 0) is 0 Å². The highest BCUT2D eigenvalue weighted by molar-refractivity contribution is 6.45. The van der Waals surface area contributed by atoms with E-state index in [1.54, 1.807) is 0 Å². The highest BCUT2D eigenvalue weighted by atomic mass is 16.5. The number of carbonyl (C=O) groups is 3. The molecule has 0 unspecified atom stereocenters. The molecule has 0 aromatic carbocycles. The monoisotopic (exact) mass is 200 g/mol. The molecule has 0 saturated carbocycles. The van der Waals surface area contributed by atoms with Gasteiger partial charge in [-0.1, -0.05) is 0 Å². The number of rotatable bonds is 3. The molecule has 1 saturated heterocycles. The lowest BCUT2D eigenvalue weighted by atomic mass is 10.6. The number of primary amides is 1. The van der Waals surface area contributed by atoms with Crippen LogP contribution in [0.3, 0.4) is 0 Å². The SMILES string of the molecule is NC(=O)OCCN=C1NC(=O)C(=O)N1. The van der Waals surface area contributed by atoms with E-state index in [9.17, 15) is 14.4 Å². The van der Waals surface area contributed by atoms with Gasteiger partial charge in [0.15, 0.2) is 0 Å². The third-order valence-electron chi connectivity index (χ3n) is 1.28. The van der Waals surface area contributed by atoms with Crippen LogP contribution >= 0.6 is 0 Å². The number of hydrogen-bond donors (Lipinski definition) is 3. The van der Waals surface area contributed by atoms with Crippen molar-refractivity contribution in [3.05, 3.63) is 0 Å². The van der Waals surface area contributed by atoms with Crippen molar-refractivity contribution in [3.8, 4) is 0 Å². The van der Waals surface area contributed by atoms with Crippen LogP contribution < -0.4 is 16.4 Å². The van der Waals surface area contributed by atoms with Crippen molar-refractivity contribution in [2.24, 2.45) is 10.7 Å². The lowest BCUT2D eigenvalue weighted by Crippen LogP contribution is -2.26. The Kier molecular flexibility index (Phi) is 3.00. The summed E-state index contributed by atoms with van der Waals surface area (Å²) in [7, 11) is 0. The number of carbonyl (C=O) groups excluding carboxylic acids is 3. The number of nitrogens with one attached hydrogen (secondary N) is 2. The molecule has 1 rings (SSSR count). The summed E-state index contributed by atoms with van der Waals surface area (Å²) in [5.74, 6) is -1.48. The summed E-state index contributed by atoms with van der Waals surface area (Å²) in [5.41, 5.74) is 4.68. The molecule has 8 heteroatoms. The van der Waals surface area contributed by atoms with Crippen molar-refractivity contribution in [1.29, 1.82) is 0 Å². The zero-order valence-corrected chi connectivity index (χ0v) is 7.07. The zero-order chi connectivity index (χ0) is 10.6. The van der Waals surface area contributed by atoms with E-state index >= 15 is 0 Å². The van der Waals surface area contributed by atoms with Crippen LogP contribution in [0.25, 0.3) is 0 Å². The van der Waals surface area contributed by atoms with Crippen LogP contribution in [0, 0.1) is 0 Å². The average molecular weight is 200 g/mol. The van der Waals surface area contributed by atoms with Gasteiger partial charge in [0.1, 0.15) is 6.61 Å². The van der Waals surface area contributed by atoms with E-state index in [2.05, 4.69) is 26.1 Å². The lowest BCUT2D eigenvalue weighted by Gasteiger charge is -1.98. The van der Waals surface area contributed by atoms with Crippen LogP contribution in [-0.4, -0.2) is 37.0 Å². The highest BCUT2D eigenvalue weighted by Crippen LogP contribution is 1.83. The van der Waals surface area contributed by atoms with Crippen molar-refractivity contribution in [2.75, 3.05) is 13.2 Å². The molecule has 1 fully saturated rings. The largest absolute Gasteiger partial charge is 0.448 e.